The molecule has 0 N–H and O–H groups in total. The minimum atomic E-state index is -0.165. The number of hydrogen-bond acceptors (Lipinski definition) is 7. The van der Waals surface area contributed by atoms with Gasteiger partial charge in [0.25, 0.3) is 5.91 Å². The molecule has 0 radical (unpaired) electrons. The lowest BCUT2D eigenvalue weighted by Crippen LogP contribution is -2.49. The van der Waals surface area contributed by atoms with Crippen molar-refractivity contribution < 1.29 is 19.1 Å². The van der Waals surface area contributed by atoms with E-state index >= 15 is 0 Å². The highest BCUT2D eigenvalue weighted by atomic mass is 16.7. The summed E-state index contributed by atoms with van der Waals surface area (Å²) in [6.07, 6.45) is 5.29. The number of carbonyl (C=O) groups is 2. The van der Waals surface area contributed by atoms with E-state index < -0.39 is 0 Å². The lowest BCUT2D eigenvalue weighted by Gasteiger charge is -2.35. The van der Waals surface area contributed by atoms with Gasteiger partial charge in [-0.15, -0.1) is 0 Å². The number of piperazine rings is 1. The predicted molar refractivity (Wildman–Crippen MR) is 127 cm³/mol. The molecule has 2 aliphatic rings. The molecule has 1 aromatic carbocycles. The Labute approximate surface area is 200 Å². The lowest BCUT2D eigenvalue weighted by atomic mass is 10.1. The minimum Gasteiger partial charge on any atom is -0.454 e. The molecule has 0 saturated carbocycles. The van der Waals surface area contributed by atoms with Crippen molar-refractivity contribution in [3.63, 3.8) is 0 Å². The lowest BCUT2D eigenvalue weighted by molar-refractivity contribution is -0.133. The summed E-state index contributed by atoms with van der Waals surface area (Å²) in [5, 5.41) is 0. The molecule has 1 aromatic heterocycles. The molecule has 2 aromatic rings. The van der Waals surface area contributed by atoms with E-state index in [4.69, 9.17) is 9.47 Å². The van der Waals surface area contributed by atoms with Crippen LogP contribution < -0.4 is 9.47 Å². The highest BCUT2D eigenvalue weighted by molar-refractivity contribution is 5.92. The summed E-state index contributed by atoms with van der Waals surface area (Å²) < 4.78 is 10.8. The Bertz CT molecular complexity index is 989. The van der Waals surface area contributed by atoms with E-state index in [9.17, 15) is 9.59 Å². The Morgan fingerprint density at radius 3 is 2.56 bits per heavy atom. The molecule has 0 spiro atoms. The van der Waals surface area contributed by atoms with Gasteiger partial charge in [-0.05, 0) is 31.0 Å². The molecule has 0 atom stereocenters. The van der Waals surface area contributed by atoms with Gasteiger partial charge in [-0.3, -0.25) is 19.5 Å². The third-order valence-electron chi connectivity index (χ3n) is 6.23. The number of aromatic nitrogens is 2. The van der Waals surface area contributed by atoms with Crippen LogP contribution in [0.4, 0.5) is 0 Å². The Morgan fingerprint density at radius 2 is 1.82 bits per heavy atom. The Kier molecular flexibility index (Phi) is 7.95. The third kappa shape index (κ3) is 6.02. The van der Waals surface area contributed by atoms with Gasteiger partial charge < -0.3 is 19.3 Å². The maximum atomic E-state index is 12.9. The number of aryl methyl sites for hydroxylation is 1. The number of benzene rings is 1. The largest absolute Gasteiger partial charge is 0.454 e. The smallest absolute Gasteiger partial charge is 0.274 e. The monoisotopic (exact) mass is 467 g/mol. The zero-order valence-electron chi connectivity index (χ0n) is 20.0. The van der Waals surface area contributed by atoms with Gasteiger partial charge in [0.1, 0.15) is 5.69 Å². The average molecular weight is 468 g/mol. The molecule has 0 unspecified atom stereocenters. The van der Waals surface area contributed by atoms with Crippen molar-refractivity contribution in [3.8, 4) is 11.5 Å². The van der Waals surface area contributed by atoms with E-state index in [-0.39, 0.29) is 18.6 Å². The van der Waals surface area contributed by atoms with Crippen LogP contribution in [0, 0.1) is 6.92 Å². The number of hydrogen-bond donors (Lipinski definition) is 0. The summed E-state index contributed by atoms with van der Waals surface area (Å²) in [5.41, 5.74) is 2.27. The van der Waals surface area contributed by atoms with Gasteiger partial charge in [0, 0.05) is 58.4 Å². The van der Waals surface area contributed by atoms with Crippen molar-refractivity contribution in [3.05, 3.63) is 47.5 Å². The fourth-order valence-corrected chi connectivity index (χ4v) is 4.17. The zero-order chi connectivity index (χ0) is 23.9. The summed E-state index contributed by atoms with van der Waals surface area (Å²) in [7, 11) is 0. The molecule has 2 amide bonds. The van der Waals surface area contributed by atoms with Gasteiger partial charge in [0.05, 0.1) is 11.9 Å². The second kappa shape index (κ2) is 11.3. The Hall–Kier alpha value is -3.20. The van der Waals surface area contributed by atoms with Gasteiger partial charge in [0.2, 0.25) is 12.7 Å². The molecule has 1 fully saturated rings. The van der Waals surface area contributed by atoms with E-state index in [2.05, 4.69) is 27.9 Å². The number of ether oxygens (including phenoxy) is 2. The summed E-state index contributed by atoms with van der Waals surface area (Å²) in [4.78, 5) is 40.2. The average Bonchev–Trinajstić information content (AvgIpc) is 3.32. The van der Waals surface area contributed by atoms with Crippen LogP contribution in [0.25, 0.3) is 0 Å². The zero-order valence-corrected chi connectivity index (χ0v) is 20.0. The summed E-state index contributed by atoms with van der Waals surface area (Å²) in [5.74, 6) is 1.51. The molecular formula is C25H33N5O4. The van der Waals surface area contributed by atoms with E-state index in [1.807, 2.05) is 24.0 Å². The maximum absolute atomic E-state index is 12.9. The first-order chi connectivity index (χ1) is 16.5. The van der Waals surface area contributed by atoms with E-state index in [1.165, 1.54) is 11.8 Å². The fourth-order valence-electron chi connectivity index (χ4n) is 4.17. The number of nitrogens with zero attached hydrogens (tertiary/aromatic N) is 5. The van der Waals surface area contributed by atoms with Gasteiger partial charge in [-0.2, -0.15) is 0 Å². The fraction of sp³-hybridized carbons (Fsp3) is 0.520. The third-order valence-corrected chi connectivity index (χ3v) is 6.23. The Morgan fingerprint density at radius 1 is 1.03 bits per heavy atom. The first-order valence-electron chi connectivity index (χ1n) is 12.0. The quantitative estimate of drug-likeness (QED) is 0.560. The van der Waals surface area contributed by atoms with Crippen LogP contribution in [0.15, 0.2) is 30.6 Å². The molecule has 2 aliphatic heterocycles. The molecular weight excluding hydrogens is 434 g/mol. The molecule has 34 heavy (non-hydrogen) atoms. The highest BCUT2D eigenvalue weighted by Crippen LogP contribution is 2.32. The minimum absolute atomic E-state index is 0.0898. The van der Waals surface area contributed by atoms with Crippen molar-refractivity contribution in [2.75, 3.05) is 46.1 Å². The van der Waals surface area contributed by atoms with Gasteiger partial charge in [-0.25, -0.2) is 4.98 Å². The standard InChI is InChI=1S/C25H33N5O4/c1-3-4-8-30(25(32)21-16-26-19(2)15-27-21)9-7-24(31)29-12-10-28(11-13-29)17-20-5-6-22-23(14-20)34-18-33-22/h5-6,14-16H,3-4,7-13,17-18H2,1-2H3. The van der Waals surface area contributed by atoms with E-state index in [1.54, 1.807) is 11.1 Å². The molecule has 3 heterocycles. The van der Waals surface area contributed by atoms with Crippen LogP contribution in [0.5, 0.6) is 11.5 Å². The molecule has 9 nitrogen and oxygen atoms in total. The van der Waals surface area contributed by atoms with Gasteiger partial charge >= 0.3 is 0 Å². The number of unbranched alkanes of at least 4 members (excludes halogenated alkanes) is 1. The summed E-state index contributed by atoms with van der Waals surface area (Å²) >= 11 is 0. The molecule has 9 heteroatoms. The first-order valence-corrected chi connectivity index (χ1v) is 12.0. The van der Waals surface area contributed by atoms with Crippen molar-refractivity contribution in [2.45, 2.75) is 39.7 Å². The highest BCUT2D eigenvalue weighted by Gasteiger charge is 2.24. The number of fused-ring (bicyclic) bond motifs is 1. The molecule has 0 aliphatic carbocycles. The van der Waals surface area contributed by atoms with Crippen molar-refractivity contribution >= 4 is 11.8 Å². The number of amides is 2. The van der Waals surface area contributed by atoms with Crippen LogP contribution in [-0.4, -0.2) is 82.5 Å². The van der Waals surface area contributed by atoms with Crippen molar-refractivity contribution in [1.82, 2.24) is 24.7 Å². The maximum Gasteiger partial charge on any atom is 0.274 e. The van der Waals surface area contributed by atoms with Crippen LogP contribution in [0.2, 0.25) is 0 Å². The SMILES string of the molecule is CCCCN(CCC(=O)N1CCN(Cc2ccc3c(c2)OCO3)CC1)C(=O)c1cnc(C)cn1. The van der Waals surface area contributed by atoms with Crippen LogP contribution in [-0.2, 0) is 11.3 Å². The van der Waals surface area contributed by atoms with Crippen LogP contribution in [0.1, 0.15) is 47.9 Å². The summed E-state index contributed by atoms with van der Waals surface area (Å²) in [6, 6.07) is 6.04. The van der Waals surface area contributed by atoms with Crippen molar-refractivity contribution in [2.24, 2.45) is 0 Å². The first kappa shape index (κ1) is 23.9. The topological polar surface area (TPSA) is 88.1 Å². The Balaban J connectivity index is 1.25. The number of rotatable bonds is 9. The van der Waals surface area contributed by atoms with Gasteiger partial charge in [0.15, 0.2) is 11.5 Å². The predicted octanol–water partition coefficient (Wildman–Crippen LogP) is 2.49. The van der Waals surface area contributed by atoms with Crippen molar-refractivity contribution in [1.29, 1.82) is 0 Å². The molecule has 1 saturated heterocycles. The second-order valence-electron chi connectivity index (χ2n) is 8.78. The van der Waals surface area contributed by atoms with Crippen LogP contribution in [0.3, 0.4) is 0 Å². The molecule has 0 bridgehead atoms. The molecule has 4 rings (SSSR count). The normalized spacial score (nSPS) is 15.4. The van der Waals surface area contributed by atoms with E-state index in [0.29, 0.717) is 38.3 Å². The number of carbonyl (C=O) groups excluding carboxylic acids is 2. The van der Waals surface area contributed by atoms with E-state index in [0.717, 1.165) is 49.7 Å². The summed E-state index contributed by atoms with van der Waals surface area (Å²) in [6.45, 7) is 9.04. The molecule has 182 valence electrons. The van der Waals surface area contributed by atoms with Gasteiger partial charge in [-0.1, -0.05) is 19.4 Å². The second-order valence-corrected chi connectivity index (χ2v) is 8.78. The van der Waals surface area contributed by atoms with Crippen LogP contribution >= 0.6 is 0 Å².